The molecule has 0 unspecified atom stereocenters. The van der Waals surface area contributed by atoms with Crippen LogP contribution in [-0.4, -0.2) is 40.8 Å². The van der Waals surface area contributed by atoms with Crippen molar-refractivity contribution < 1.29 is 18.3 Å². The first-order valence-electron chi connectivity index (χ1n) is 3.64. The second-order valence-corrected chi connectivity index (χ2v) is 3.09. The molecule has 0 aliphatic carbocycles. The molecule has 0 radical (unpaired) electrons. The Balaban J connectivity index is 2.72. The summed E-state index contributed by atoms with van der Waals surface area (Å²) in [6, 6.07) is 0. The lowest BCUT2D eigenvalue weighted by Crippen LogP contribution is -2.48. The quantitative estimate of drug-likeness (QED) is 0.374. The van der Waals surface area contributed by atoms with Crippen LogP contribution < -0.4 is 5.73 Å². The van der Waals surface area contributed by atoms with E-state index in [4.69, 9.17) is 16.2 Å². The molecule has 1 atom stereocenters. The summed E-state index contributed by atoms with van der Waals surface area (Å²) in [4.78, 5) is 0.994. The van der Waals surface area contributed by atoms with Crippen LogP contribution in [0.3, 0.4) is 0 Å². The van der Waals surface area contributed by atoms with Crippen LogP contribution >= 0.6 is 0 Å². The number of nitrogens with one attached hydrogen (secondary N) is 1. The number of likely N-dealkylation sites (tertiary alicyclic amines) is 1. The molecule has 4 N–H and O–H groups in total. The van der Waals surface area contributed by atoms with Crippen molar-refractivity contribution in [3.63, 3.8) is 0 Å². The molecule has 0 aromatic heterocycles. The standard InChI is InChI=1S/C6H10F3N3O/c7-6(8,9)5(13)1-2-12(3-5)4(10)11/h13H,1-3H2,(H3,10,11)/t5-/m0/s1. The zero-order valence-electron chi connectivity index (χ0n) is 6.73. The number of rotatable bonds is 0. The fourth-order valence-corrected chi connectivity index (χ4v) is 1.23. The van der Waals surface area contributed by atoms with Gasteiger partial charge in [-0.3, -0.25) is 5.41 Å². The molecule has 0 aromatic rings. The minimum atomic E-state index is -4.66. The van der Waals surface area contributed by atoms with Crippen molar-refractivity contribution >= 4 is 5.96 Å². The van der Waals surface area contributed by atoms with Gasteiger partial charge in [-0.2, -0.15) is 13.2 Å². The van der Waals surface area contributed by atoms with Crippen molar-refractivity contribution in [1.82, 2.24) is 4.90 Å². The van der Waals surface area contributed by atoms with Gasteiger partial charge in [-0.25, -0.2) is 0 Å². The van der Waals surface area contributed by atoms with Crippen LogP contribution in [0.2, 0.25) is 0 Å². The Hall–Kier alpha value is -0.980. The predicted octanol–water partition coefficient (Wildman–Crippen LogP) is -0.121. The van der Waals surface area contributed by atoms with E-state index in [2.05, 4.69) is 0 Å². The van der Waals surface area contributed by atoms with E-state index in [1.807, 2.05) is 0 Å². The summed E-state index contributed by atoms with van der Waals surface area (Å²) in [5.41, 5.74) is 2.28. The summed E-state index contributed by atoms with van der Waals surface area (Å²) >= 11 is 0. The van der Waals surface area contributed by atoms with E-state index in [1.54, 1.807) is 0 Å². The van der Waals surface area contributed by atoms with Crippen LogP contribution in [0.1, 0.15) is 6.42 Å². The van der Waals surface area contributed by atoms with Gasteiger partial charge in [0.05, 0.1) is 6.54 Å². The highest BCUT2D eigenvalue weighted by Crippen LogP contribution is 2.37. The van der Waals surface area contributed by atoms with Crippen LogP contribution in [-0.2, 0) is 0 Å². The first-order chi connectivity index (χ1) is 5.76. The summed E-state index contributed by atoms with van der Waals surface area (Å²) in [6.07, 6.45) is -5.09. The molecule has 1 aliphatic heterocycles. The SMILES string of the molecule is N=C(N)N1CC[C@@](O)(C(F)(F)F)C1. The van der Waals surface area contributed by atoms with E-state index in [-0.39, 0.29) is 6.54 Å². The smallest absolute Gasteiger partial charge is 0.379 e. The maximum absolute atomic E-state index is 12.2. The molecule has 7 heteroatoms. The van der Waals surface area contributed by atoms with Crippen molar-refractivity contribution in [3.05, 3.63) is 0 Å². The largest absolute Gasteiger partial charge is 0.419 e. The molecule has 1 rings (SSSR count). The van der Waals surface area contributed by atoms with Gasteiger partial charge in [0.1, 0.15) is 0 Å². The fraction of sp³-hybridized carbons (Fsp3) is 0.833. The average molecular weight is 197 g/mol. The normalized spacial score (nSPS) is 29.4. The maximum Gasteiger partial charge on any atom is 0.419 e. The number of β-amino-alcohol motifs (C(OH)–C–C–N with tert-alkyl or cyclic N) is 1. The number of hydrogen-bond donors (Lipinski definition) is 3. The minimum Gasteiger partial charge on any atom is -0.379 e. The molecule has 0 spiro atoms. The van der Waals surface area contributed by atoms with Crippen LogP contribution in [0.5, 0.6) is 0 Å². The number of alkyl halides is 3. The van der Waals surface area contributed by atoms with E-state index in [1.165, 1.54) is 0 Å². The van der Waals surface area contributed by atoms with Crippen LogP contribution in [0.4, 0.5) is 13.2 Å². The molecule has 4 nitrogen and oxygen atoms in total. The minimum absolute atomic E-state index is 0.0364. The number of nitrogens with two attached hydrogens (primary N) is 1. The maximum atomic E-state index is 12.2. The van der Waals surface area contributed by atoms with Gasteiger partial charge < -0.3 is 15.7 Å². The van der Waals surface area contributed by atoms with E-state index in [0.717, 1.165) is 4.90 Å². The molecule has 1 heterocycles. The van der Waals surface area contributed by atoms with Crippen LogP contribution in [0, 0.1) is 5.41 Å². The summed E-state index contributed by atoms with van der Waals surface area (Å²) in [5, 5.41) is 16.0. The molecule has 0 bridgehead atoms. The van der Waals surface area contributed by atoms with E-state index in [9.17, 15) is 13.2 Å². The lowest BCUT2D eigenvalue weighted by atomic mass is 10.0. The third-order valence-electron chi connectivity index (χ3n) is 2.12. The van der Waals surface area contributed by atoms with Gasteiger partial charge in [-0.15, -0.1) is 0 Å². The van der Waals surface area contributed by atoms with Crippen molar-refractivity contribution in [2.45, 2.75) is 18.2 Å². The van der Waals surface area contributed by atoms with Gasteiger partial charge in [0.2, 0.25) is 0 Å². The van der Waals surface area contributed by atoms with E-state index in [0.29, 0.717) is 0 Å². The Kier molecular flexibility index (Phi) is 2.15. The topological polar surface area (TPSA) is 73.3 Å². The fourth-order valence-electron chi connectivity index (χ4n) is 1.23. The number of hydrogen-bond acceptors (Lipinski definition) is 2. The molecule has 0 amide bonds. The summed E-state index contributed by atoms with van der Waals surface area (Å²) < 4.78 is 36.6. The molecule has 13 heavy (non-hydrogen) atoms. The van der Waals surface area contributed by atoms with Crippen molar-refractivity contribution in [1.29, 1.82) is 5.41 Å². The van der Waals surface area contributed by atoms with Gasteiger partial charge in [0.15, 0.2) is 11.6 Å². The van der Waals surface area contributed by atoms with Gasteiger partial charge >= 0.3 is 6.18 Å². The Morgan fingerprint density at radius 1 is 1.54 bits per heavy atom. The molecular weight excluding hydrogens is 187 g/mol. The van der Waals surface area contributed by atoms with Gasteiger partial charge in [-0.1, -0.05) is 0 Å². The average Bonchev–Trinajstić information content (AvgIpc) is 2.31. The number of aliphatic hydroxyl groups is 1. The Labute approximate surface area is 72.6 Å². The van der Waals surface area contributed by atoms with Gasteiger partial charge in [0, 0.05) is 13.0 Å². The lowest BCUT2D eigenvalue weighted by molar-refractivity contribution is -0.253. The second kappa shape index (κ2) is 2.76. The summed E-state index contributed by atoms with van der Waals surface area (Å²) in [5.74, 6) is -0.444. The Bertz CT molecular complexity index is 230. The predicted molar refractivity (Wildman–Crippen MR) is 39.1 cm³/mol. The van der Waals surface area contributed by atoms with Crippen molar-refractivity contribution in [2.75, 3.05) is 13.1 Å². The molecular formula is C6H10F3N3O. The Morgan fingerprint density at radius 3 is 2.31 bits per heavy atom. The van der Waals surface area contributed by atoms with Crippen molar-refractivity contribution in [3.8, 4) is 0 Å². The lowest BCUT2D eigenvalue weighted by Gasteiger charge is -2.25. The molecule has 1 saturated heterocycles. The molecule has 0 aromatic carbocycles. The first-order valence-corrected chi connectivity index (χ1v) is 3.64. The summed E-state index contributed by atoms with van der Waals surface area (Å²) in [7, 11) is 0. The third-order valence-corrected chi connectivity index (χ3v) is 2.12. The second-order valence-electron chi connectivity index (χ2n) is 3.09. The van der Waals surface area contributed by atoms with Gasteiger partial charge in [0.25, 0.3) is 0 Å². The number of halogens is 3. The van der Waals surface area contributed by atoms with Gasteiger partial charge in [-0.05, 0) is 0 Å². The molecule has 1 aliphatic rings. The number of guanidine groups is 1. The zero-order chi connectivity index (χ0) is 10.3. The molecule has 0 saturated carbocycles. The third kappa shape index (κ3) is 1.69. The van der Waals surface area contributed by atoms with E-state index >= 15 is 0 Å². The molecule has 76 valence electrons. The highest BCUT2D eigenvalue weighted by atomic mass is 19.4. The van der Waals surface area contributed by atoms with Crippen molar-refractivity contribution in [2.24, 2.45) is 5.73 Å². The summed E-state index contributed by atoms with van der Waals surface area (Å²) in [6.45, 7) is -0.683. The highest BCUT2D eigenvalue weighted by molar-refractivity contribution is 5.75. The van der Waals surface area contributed by atoms with E-state index < -0.39 is 30.7 Å². The number of nitrogens with zero attached hydrogens (tertiary/aromatic N) is 1. The monoisotopic (exact) mass is 197 g/mol. The zero-order valence-corrected chi connectivity index (χ0v) is 6.73. The molecule has 1 fully saturated rings. The first kappa shape index (κ1) is 10.1. The Morgan fingerprint density at radius 2 is 2.08 bits per heavy atom. The van der Waals surface area contributed by atoms with Crippen LogP contribution in [0.15, 0.2) is 0 Å². The van der Waals surface area contributed by atoms with Crippen LogP contribution in [0.25, 0.3) is 0 Å². The highest BCUT2D eigenvalue weighted by Gasteiger charge is 2.57.